The van der Waals surface area contributed by atoms with Crippen LogP contribution in [0.15, 0.2) is 24.3 Å². The van der Waals surface area contributed by atoms with Crippen LogP contribution in [0.2, 0.25) is 0 Å². The van der Waals surface area contributed by atoms with E-state index in [2.05, 4.69) is 54.0 Å². The number of alkyl halides is 1. The van der Waals surface area contributed by atoms with E-state index in [-0.39, 0.29) is 0 Å². The highest BCUT2D eigenvalue weighted by atomic mass is 79.9. The molecule has 1 nitrogen and oxygen atoms in total. The summed E-state index contributed by atoms with van der Waals surface area (Å²) in [7, 11) is 1.77. The number of rotatable bonds is 7. The molecule has 0 spiro atoms. The molecule has 17 heavy (non-hydrogen) atoms. The van der Waals surface area contributed by atoms with E-state index >= 15 is 0 Å². The number of hydrogen-bond donors (Lipinski definition) is 0. The molecule has 0 fully saturated rings. The van der Waals surface area contributed by atoms with Crippen molar-refractivity contribution in [3.63, 3.8) is 0 Å². The fourth-order valence-corrected chi connectivity index (χ4v) is 2.84. The van der Waals surface area contributed by atoms with Gasteiger partial charge in [-0.05, 0) is 37.2 Å². The minimum absolute atomic E-state index is 0.688. The SMILES string of the molecule is COCCC(C)C(CBr)Cc1ccc(C)cc1. The third kappa shape index (κ3) is 5.22. The van der Waals surface area contributed by atoms with Crippen LogP contribution in [0.1, 0.15) is 24.5 Å². The van der Waals surface area contributed by atoms with Crippen LogP contribution in [0.5, 0.6) is 0 Å². The van der Waals surface area contributed by atoms with Gasteiger partial charge in [0.2, 0.25) is 0 Å². The minimum atomic E-state index is 0.688. The quantitative estimate of drug-likeness (QED) is 0.685. The third-order valence-corrected chi connectivity index (χ3v) is 4.23. The van der Waals surface area contributed by atoms with Crippen molar-refractivity contribution in [2.24, 2.45) is 11.8 Å². The van der Waals surface area contributed by atoms with E-state index in [0.717, 1.165) is 24.8 Å². The molecule has 1 rings (SSSR count). The molecule has 0 heterocycles. The monoisotopic (exact) mass is 298 g/mol. The first-order valence-corrected chi connectivity index (χ1v) is 7.40. The standard InChI is InChI=1S/C15H23BrO/c1-12-4-6-14(7-5-12)10-15(11-16)13(2)8-9-17-3/h4-7,13,15H,8-11H2,1-3H3. The van der Waals surface area contributed by atoms with Gasteiger partial charge in [0.1, 0.15) is 0 Å². The molecule has 0 aromatic heterocycles. The summed E-state index contributed by atoms with van der Waals surface area (Å²) in [5.41, 5.74) is 2.76. The zero-order valence-electron chi connectivity index (χ0n) is 11.1. The van der Waals surface area contributed by atoms with Gasteiger partial charge >= 0.3 is 0 Å². The molecule has 0 saturated heterocycles. The van der Waals surface area contributed by atoms with Crippen molar-refractivity contribution in [3.8, 4) is 0 Å². The Morgan fingerprint density at radius 3 is 2.41 bits per heavy atom. The number of hydrogen-bond acceptors (Lipinski definition) is 1. The highest BCUT2D eigenvalue weighted by molar-refractivity contribution is 9.09. The van der Waals surface area contributed by atoms with E-state index in [1.807, 2.05) is 0 Å². The van der Waals surface area contributed by atoms with E-state index < -0.39 is 0 Å². The summed E-state index contributed by atoms with van der Waals surface area (Å²) >= 11 is 3.64. The Labute approximate surface area is 114 Å². The van der Waals surface area contributed by atoms with Gasteiger partial charge in [-0.3, -0.25) is 0 Å². The van der Waals surface area contributed by atoms with Gasteiger partial charge in [0.15, 0.2) is 0 Å². The molecule has 0 N–H and O–H groups in total. The molecule has 0 bridgehead atoms. The maximum Gasteiger partial charge on any atom is 0.0464 e. The second kappa shape index (κ2) is 7.88. The smallest absolute Gasteiger partial charge is 0.0464 e. The van der Waals surface area contributed by atoms with E-state index in [9.17, 15) is 0 Å². The van der Waals surface area contributed by atoms with Gasteiger partial charge < -0.3 is 4.74 Å². The molecule has 0 radical (unpaired) electrons. The van der Waals surface area contributed by atoms with Gasteiger partial charge in [-0.2, -0.15) is 0 Å². The molecular weight excluding hydrogens is 276 g/mol. The summed E-state index contributed by atoms with van der Waals surface area (Å²) in [6.07, 6.45) is 2.29. The van der Waals surface area contributed by atoms with Crippen molar-refractivity contribution in [3.05, 3.63) is 35.4 Å². The lowest BCUT2D eigenvalue weighted by atomic mass is 9.87. The Bertz CT molecular complexity index is 307. The Kier molecular flexibility index (Phi) is 6.83. The van der Waals surface area contributed by atoms with Gasteiger partial charge in [0.05, 0.1) is 0 Å². The maximum absolute atomic E-state index is 5.16. The molecule has 2 heteroatoms. The Morgan fingerprint density at radius 2 is 1.88 bits per heavy atom. The van der Waals surface area contributed by atoms with Crippen LogP contribution in [0.25, 0.3) is 0 Å². The molecule has 1 aromatic carbocycles. The zero-order chi connectivity index (χ0) is 12.7. The minimum Gasteiger partial charge on any atom is -0.385 e. The average Bonchev–Trinajstić information content (AvgIpc) is 2.35. The number of aryl methyl sites for hydroxylation is 1. The Hall–Kier alpha value is -0.340. The van der Waals surface area contributed by atoms with Gasteiger partial charge in [0.25, 0.3) is 0 Å². The Balaban J connectivity index is 2.53. The molecule has 2 unspecified atom stereocenters. The summed E-state index contributed by atoms with van der Waals surface area (Å²) < 4.78 is 5.16. The first-order chi connectivity index (χ1) is 8.17. The molecule has 0 aliphatic rings. The van der Waals surface area contributed by atoms with E-state index in [1.165, 1.54) is 11.1 Å². The molecule has 2 atom stereocenters. The van der Waals surface area contributed by atoms with Crippen LogP contribution in [0.3, 0.4) is 0 Å². The van der Waals surface area contributed by atoms with E-state index in [1.54, 1.807) is 7.11 Å². The summed E-state index contributed by atoms with van der Waals surface area (Å²) in [6.45, 7) is 5.31. The van der Waals surface area contributed by atoms with Crippen molar-refractivity contribution >= 4 is 15.9 Å². The molecule has 1 aromatic rings. The fraction of sp³-hybridized carbons (Fsp3) is 0.600. The largest absolute Gasteiger partial charge is 0.385 e. The normalized spacial score (nSPS) is 14.6. The predicted molar refractivity (Wildman–Crippen MR) is 77.8 cm³/mol. The summed E-state index contributed by atoms with van der Waals surface area (Å²) in [5.74, 6) is 1.38. The molecule has 0 amide bonds. The topological polar surface area (TPSA) is 9.23 Å². The number of ether oxygens (including phenoxy) is 1. The Morgan fingerprint density at radius 1 is 1.24 bits per heavy atom. The van der Waals surface area contributed by atoms with Crippen LogP contribution in [-0.4, -0.2) is 19.0 Å². The first kappa shape index (κ1) is 14.7. The van der Waals surface area contributed by atoms with Crippen molar-refractivity contribution in [1.29, 1.82) is 0 Å². The van der Waals surface area contributed by atoms with E-state index in [0.29, 0.717) is 11.8 Å². The number of halogens is 1. The summed E-state index contributed by atoms with van der Waals surface area (Å²) in [5, 5.41) is 1.06. The summed E-state index contributed by atoms with van der Waals surface area (Å²) in [4.78, 5) is 0. The van der Waals surface area contributed by atoms with Crippen LogP contribution in [0.4, 0.5) is 0 Å². The average molecular weight is 299 g/mol. The zero-order valence-corrected chi connectivity index (χ0v) is 12.7. The molecule has 0 aliphatic carbocycles. The van der Waals surface area contributed by atoms with Crippen LogP contribution < -0.4 is 0 Å². The fourth-order valence-electron chi connectivity index (χ4n) is 1.97. The number of methoxy groups -OCH3 is 1. The van der Waals surface area contributed by atoms with E-state index in [4.69, 9.17) is 4.74 Å². The molecule has 0 aliphatic heterocycles. The lowest BCUT2D eigenvalue weighted by Crippen LogP contribution is -2.17. The van der Waals surface area contributed by atoms with Gasteiger partial charge in [-0.25, -0.2) is 0 Å². The lowest BCUT2D eigenvalue weighted by Gasteiger charge is -2.22. The molecule has 96 valence electrons. The highest BCUT2D eigenvalue weighted by Crippen LogP contribution is 2.22. The molecule has 0 saturated carbocycles. The second-order valence-electron chi connectivity index (χ2n) is 4.86. The second-order valence-corrected chi connectivity index (χ2v) is 5.51. The van der Waals surface area contributed by atoms with Crippen LogP contribution in [0, 0.1) is 18.8 Å². The third-order valence-electron chi connectivity index (χ3n) is 3.40. The lowest BCUT2D eigenvalue weighted by molar-refractivity contribution is 0.168. The number of benzene rings is 1. The van der Waals surface area contributed by atoms with Crippen LogP contribution in [-0.2, 0) is 11.2 Å². The summed E-state index contributed by atoms with van der Waals surface area (Å²) in [6, 6.07) is 8.88. The van der Waals surface area contributed by atoms with Gasteiger partial charge in [0, 0.05) is 19.0 Å². The van der Waals surface area contributed by atoms with Crippen molar-refractivity contribution in [1.82, 2.24) is 0 Å². The predicted octanol–water partition coefficient (Wildman–Crippen LogP) is 4.22. The maximum atomic E-state index is 5.16. The van der Waals surface area contributed by atoms with Crippen molar-refractivity contribution in [2.45, 2.75) is 26.7 Å². The van der Waals surface area contributed by atoms with Crippen molar-refractivity contribution < 1.29 is 4.74 Å². The van der Waals surface area contributed by atoms with Gasteiger partial charge in [-0.15, -0.1) is 0 Å². The van der Waals surface area contributed by atoms with Crippen LogP contribution >= 0.6 is 15.9 Å². The van der Waals surface area contributed by atoms with Gasteiger partial charge in [-0.1, -0.05) is 52.7 Å². The van der Waals surface area contributed by atoms with Crippen molar-refractivity contribution in [2.75, 3.05) is 19.0 Å². The molecular formula is C15H23BrO. The first-order valence-electron chi connectivity index (χ1n) is 6.27. The highest BCUT2D eigenvalue weighted by Gasteiger charge is 2.16.